The molecule has 2 aromatic carbocycles. The maximum atomic E-state index is 13.0. The number of sulfone groups is 1. The second-order valence-corrected chi connectivity index (χ2v) is 12.1. The molecule has 0 aliphatic rings. The Morgan fingerprint density at radius 3 is 2.26 bits per heavy atom. The molecule has 0 amide bonds. The third-order valence-corrected chi connectivity index (χ3v) is 7.17. The van der Waals surface area contributed by atoms with Crippen LogP contribution >= 0.6 is 0 Å². The summed E-state index contributed by atoms with van der Waals surface area (Å²) < 4.78 is 58.8. The molecule has 0 saturated carbocycles. The largest absolute Gasteiger partial charge is 0.478 e. The van der Waals surface area contributed by atoms with E-state index < -0.39 is 42.4 Å². The molecule has 2 N–H and O–H groups in total. The number of carboxylic acids is 1. The maximum absolute atomic E-state index is 13.0. The van der Waals surface area contributed by atoms with E-state index in [-0.39, 0.29) is 27.2 Å². The van der Waals surface area contributed by atoms with Crippen molar-refractivity contribution in [1.82, 2.24) is 9.78 Å². The van der Waals surface area contributed by atoms with Gasteiger partial charge in [0, 0.05) is 23.4 Å². The van der Waals surface area contributed by atoms with E-state index >= 15 is 0 Å². The summed E-state index contributed by atoms with van der Waals surface area (Å²) >= 11 is 0. The lowest BCUT2D eigenvalue weighted by Gasteiger charge is -2.19. The zero-order valence-corrected chi connectivity index (χ0v) is 20.8. The topological polar surface area (TPSA) is 162 Å². The standard InChI is InChI=1S/C22H23N3O8S2/c1-22(2,3)33-21(28)25-17-11-9-14(13-15(17)16(23-25)10-12-20(26)27)24-35(31,32)19-8-6-5-7-18(19)34(4,29)30/h5-13,24H,1-4H3,(H,26,27)/b12-10+. The maximum Gasteiger partial charge on any atom is 0.435 e. The Bertz CT molecular complexity index is 1560. The SMILES string of the molecule is CC(C)(C)OC(=O)n1nc(/C=C/C(=O)O)c2cc(NS(=O)(=O)c3ccccc3S(C)(=O)=O)ccc21. The molecule has 0 saturated heterocycles. The van der Waals surface area contributed by atoms with Gasteiger partial charge in [0.1, 0.15) is 10.5 Å². The van der Waals surface area contributed by atoms with E-state index in [0.717, 1.165) is 23.1 Å². The first kappa shape index (κ1) is 25.9. The van der Waals surface area contributed by atoms with Gasteiger partial charge in [-0.15, -0.1) is 0 Å². The number of aromatic nitrogens is 2. The Balaban J connectivity index is 2.11. The van der Waals surface area contributed by atoms with Crippen molar-refractivity contribution in [1.29, 1.82) is 0 Å². The number of rotatable bonds is 6. The molecule has 13 heteroatoms. The fourth-order valence-electron chi connectivity index (χ4n) is 3.11. The summed E-state index contributed by atoms with van der Waals surface area (Å²) in [5, 5.41) is 13.4. The van der Waals surface area contributed by atoms with Crippen molar-refractivity contribution < 1.29 is 36.3 Å². The minimum Gasteiger partial charge on any atom is -0.478 e. The summed E-state index contributed by atoms with van der Waals surface area (Å²) in [6.45, 7) is 5.01. The number of anilines is 1. The summed E-state index contributed by atoms with van der Waals surface area (Å²) in [4.78, 5) is 22.8. The van der Waals surface area contributed by atoms with Crippen LogP contribution in [-0.2, 0) is 29.4 Å². The summed E-state index contributed by atoms with van der Waals surface area (Å²) in [5.74, 6) is -1.25. The number of hydrogen-bond acceptors (Lipinski definition) is 8. The van der Waals surface area contributed by atoms with Crippen molar-refractivity contribution in [3.05, 3.63) is 54.2 Å². The molecule has 11 nitrogen and oxygen atoms in total. The van der Waals surface area contributed by atoms with Gasteiger partial charge in [0.25, 0.3) is 10.0 Å². The third kappa shape index (κ3) is 6.05. The van der Waals surface area contributed by atoms with Gasteiger partial charge in [-0.1, -0.05) is 12.1 Å². The molecule has 3 aromatic rings. The van der Waals surface area contributed by atoms with Crippen LogP contribution in [0.3, 0.4) is 0 Å². The van der Waals surface area contributed by atoms with Crippen LogP contribution in [0.15, 0.2) is 58.3 Å². The summed E-state index contributed by atoms with van der Waals surface area (Å²) in [6, 6.07) is 9.28. The van der Waals surface area contributed by atoms with Crippen LogP contribution in [-0.4, -0.2) is 55.6 Å². The van der Waals surface area contributed by atoms with Crippen molar-refractivity contribution in [2.75, 3.05) is 11.0 Å². The van der Waals surface area contributed by atoms with Gasteiger partial charge < -0.3 is 9.84 Å². The lowest BCUT2D eigenvalue weighted by atomic mass is 10.2. The first-order valence-corrected chi connectivity index (χ1v) is 13.4. The summed E-state index contributed by atoms with van der Waals surface area (Å²) in [5.41, 5.74) is -0.473. The molecule has 0 bridgehead atoms. The van der Waals surface area contributed by atoms with Crippen LogP contribution in [0.5, 0.6) is 0 Å². The Morgan fingerprint density at radius 1 is 1.06 bits per heavy atom. The van der Waals surface area contributed by atoms with Crippen LogP contribution in [0.25, 0.3) is 17.0 Å². The molecule has 35 heavy (non-hydrogen) atoms. The van der Waals surface area contributed by atoms with Crippen LogP contribution in [0.4, 0.5) is 10.5 Å². The molecule has 0 unspecified atom stereocenters. The lowest BCUT2D eigenvalue weighted by molar-refractivity contribution is -0.131. The number of aliphatic carboxylic acids is 1. The van der Waals surface area contributed by atoms with Crippen molar-refractivity contribution in [2.24, 2.45) is 0 Å². The molecule has 0 spiro atoms. The van der Waals surface area contributed by atoms with Gasteiger partial charge in [0.15, 0.2) is 9.84 Å². The average Bonchev–Trinajstić information content (AvgIpc) is 3.08. The molecule has 0 aliphatic carbocycles. The van der Waals surface area contributed by atoms with Crippen LogP contribution in [0.2, 0.25) is 0 Å². The van der Waals surface area contributed by atoms with E-state index in [2.05, 4.69) is 9.82 Å². The van der Waals surface area contributed by atoms with Gasteiger partial charge in [-0.05, 0) is 57.2 Å². The number of hydrogen-bond donors (Lipinski definition) is 2. The molecule has 0 aliphatic heterocycles. The quantitative estimate of drug-likeness (QED) is 0.464. The monoisotopic (exact) mass is 521 g/mol. The molecule has 3 rings (SSSR count). The van der Waals surface area contributed by atoms with Crippen molar-refractivity contribution in [3.63, 3.8) is 0 Å². The minimum absolute atomic E-state index is 0.0366. The number of benzene rings is 2. The lowest BCUT2D eigenvalue weighted by Crippen LogP contribution is -2.27. The van der Waals surface area contributed by atoms with E-state index in [1.165, 1.54) is 42.5 Å². The highest BCUT2D eigenvalue weighted by Gasteiger charge is 2.25. The predicted octanol–water partition coefficient (Wildman–Crippen LogP) is 3.12. The molecule has 1 aromatic heterocycles. The van der Waals surface area contributed by atoms with E-state index in [0.29, 0.717) is 0 Å². The smallest absolute Gasteiger partial charge is 0.435 e. The second-order valence-electron chi connectivity index (χ2n) is 8.51. The first-order valence-electron chi connectivity index (χ1n) is 10.1. The fourth-order valence-corrected chi connectivity index (χ4v) is 5.79. The van der Waals surface area contributed by atoms with Crippen molar-refractivity contribution in [2.45, 2.75) is 36.2 Å². The minimum atomic E-state index is -4.33. The van der Waals surface area contributed by atoms with Gasteiger partial charge in [-0.3, -0.25) is 4.72 Å². The van der Waals surface area contributed by atoms with Gasteiger partial charge in [0.05, 0.1) is 16.1 Å². The van der Waals surface area contributed by atoms with Gasteiger partial charge in [-0.25, -0.2) is 26.4 Å². The highest BCUT2D eigenvalue weighted by Crippen LogP contribution is 2.28. The zero-order valence-electron chi connectivity index (χ0n) is 19.2. The summed E-state index contributed by atoms with van der Waals surface area (Å²) in [6.07, 6.45) is 2.07. The van der Waals surface area contributed by atoms with E-state index in [9.17, 15) is 26.4 Å². The van der Waals surface area contributed by atoms with Crippen LogP contribution < -0.4 is 4.72 Å². The predicted molar refractivity (Wildman–Crippen MR) is 128 cm³/mol. The number of carbonyl (C=O) groups is 2. The van der Waals surface area contributed by atoms with Gasteiger partial charge >= 0.3 is 12.1 Å². The normalized spacial score (nSPS) is 12.7. The van der Waals surface area contributed by atoms with Gasteiger partial charge in [-0.2, -0.15) is 9.78 Å². The molecule has 1 heterocycles. The Morgan fingerprint density at radius 2 is 1.69 bits per heavy atom. The van der Waals surface area contributed by atoms with Gasteiger partial charge in [0.2, 0.25) is 0 Å². The molecule has 186 valence electrons. The molecular formula is C22H23N3O8S2. The average molecular weight is 522 g/mol. The molecule has 0 atom stereocenters. The highest BCUT2D eigenvalue weighted by molar-refractivity contribution is 7.95. The number of nitrogens with one attached hydrogen (secondary N) is 1. The third-order valence-electron chi connectivity index (χ3n) is 4.45. The van der Waals surface area contributed by atoms with Crippen molar-refractivity contribution in [3.8, 4) is 0 Å². The highest BCUT2D eigenvalue weighted by atomic mass is 32.2. The Labute approximate surface area is 202 Å². The number of fused-ring (bicyclic) bond motifs is 1. The first-order chi connectivity index (χ1) is 16.1. The molecular weight excluding hydrogens is 498 g/mol. The van der Waals surface area contributed by atoms with Crippen LogP contribution in [0, 0.1) is 0 Å². The second kappa shape index (κ2) is 9.15. The number of ether oxygens (including phenoxy) is 1. The van der Waals surface area contributed by atoms with E-state index in [4.69, 9.17) is 9.84 Å². The Kier molecular flexibility index (Phi) is 6.77. The number of carboxylic acid groups (broad SMARTS) is 1. The van der Waals surface area contributed by atoms with Crippen molar-refractivity contribution >= 4 is 54.6 Å². The number of nitrogens with zero attached hydrogens (tertiary/aromatic N) is 2. The molecule has 0 radical (unpaired) electrons. The Hall–Kier alpha value is -3.71. The van der Waals surface area contributed by atoms with E-state index in [1.807, 2.05) is 0 Å². The molecule has 0 fully saturated rings. The fraction of sp³-hybridized carbons (Fsp3) is 0.227. The zero-order chi connectivity index (χ0) is 26.2. The number of carbonyl (C=O) groups excluding carboxylic acids is 1. The van der Waals surface area contributed by atoms with E-state index in [1.54, 1.807) is 20.8 Å². The summed E-state index contributed by atoms with van der Waals surface area (Å²) in [7, 11) is -8.16. The van der Waals surface area contributed by atoms with Crippen LogP contribution in [0.1, 0.15) is 26.5 Å². The number of sulfonamides is 1.